The fraction of sp³-hybridized carbons (Fsp3) is 0.692. The van der Waals surface area contributed by atoms with Crippen molar-refractivity contribution in [2.45, 2.75) is 40.7 Å². The number of nitrogens with zero attached hydrogens (tertiary/aromatic N) is 2. The van der Waals surface area contributed by atoms with Gasteiger partial charge in [-0.2, -0.15) is 0 Å². The molecule has 6 heteroatoms. The molecule has 1 heterocycles. The Morgan fingerprint density at radius 2 is 2.11 bits per heavy atom. The Morgan fingerprint density at radius 1 is 1.37 bits per heavy atom. The third kappa shape index (κ3) is 7.39. The highest BCUT2D eigenvalue weighted by atomic mass is 127. The number of aliphatic imine (C=N–C) groups is 1. The van der Waals surface area contributed by atoms with Crippen LogP contribution in [0.25, 0.3) is 0 Å². The van der Waals surface area contributed by atoms with Crippen molar-refractivity contribution < 1.29 is 4.52 Å². The molecule has 0 atom stereocenters. The Hall–Kier alpha value is -0.790. The van der Waals surface area contributed by atoms with E-state index in [1.54, 1.807) is 0 Å². The van der Waals surface area contributed by atoms with Crippen LogP contribution >= 0.6 is 24.0 Å². The second-order valence-electron chi connectivity index (χ2n) is 4.61. The molecule has 0 fully saturated rings. The lowest BCUT2D eigenvalue weighted by Gasteiger charge is -2.12. The van der Waals surface area contributed by atoms with Crippen LogP contribution in [0.2, 0.25) is 0 Å². The number of aryl methyl sites for hydroxylation is 1. The molecule has 0 radical (unpaired) electrons. The minimum atomic E-state index is 0. The minimum absolute atomic E-state index is 0. The van der Waals surface area contributed by atoms with Crippen LogP contribution in [0.15, 0.2) is 15.6 Å². The van der Waals surface area contributed by atoms with E-state index in [0.717, 1.165) is 36.9 Å². The highest BCUT2D eigenvalue weighted by Crippen LogP contribution is 2.05. The second kappa shape index (κ2) is 10.1. The standard InChI is InChI=1S/C13H24N4O.HI/c1-5-11-7-12(18-17-11)9-16-13(14-6-2)15-8-10(3)4;/h7,10H,5-6,8-9H2,1-4H3,(H2,14,15,16);1H. The quantitative estimate of drug-likeness (QED) is 0.453. The molecule has 1 aromatic heterocycles. The molecule has 0 bridgehead atoms. The van der Waals surface area contributed by atoms with Gasteiger partial charge in [-0.25, -0.2) is 4.99 Å². The molecule has 0 spiro atoms. The zero-order valence-electron chi connectivity index (χ0n) is 12.2. The van der Waals surface area contributed by atoms with E-state index in [-0.39, 0.29) is 24.0 Å². The lowest BCUT2D eigenvalue weighted by Crippen LogP contribution is -2.39. The molecule has 1 aromatic rings. The summed E-state index contributed by atoms with van der Waals surface area (Å²) in [5, 5.41) is 10.4. The molecule has 2 N–H and O–H groups in total. The third-order valence-corrected chi connectivity index (χ3v) is 2.38. The molecular weight excluding hydrogens is 355 g/mol. The van der Waals surface area contributed by atoms with Crippen molar-refractivity contribution in [1.82, 2.24) is 15.8 Å². The van der Waals surface area contributed by atoms with E-state index in [9.17, 15) is 0 Å². The number of rotatable bonds is 6. The average molecular weight is 380 g/mol. The average Bonchev–Trinajstić information content (AvgIpc) is 2.80. The first-order chi connectivity index (χ1) is 8.65. The highest BCUT2D eigenvalue weighted by molar-refractivity contribution is 14.0. The summed E-state index contributed by atoms with van der Waals surface area (Å²) >= 11 is 0. The van der Waals surface area contributed by atoms with Gasteiger partial charge >= 0.3 is 0 Å². The van der Waals surface area contributed by atoms with Crippen molar-refractivity contribution in [2.75, 3.05) is 13.1 Å². The fourth-order valence-electron chi connectivity index (χ4n) is 1.40. The zero-order valence-corrected chi connectivity index (χ0v) is 14.5. The third-order valence-electron chi connectivity index (χ3n) is 2.38. The minimum Gasteiger partial charge on any atom is -0.359 e. The van der Waals surface area contributed by atoms with Crippen LogP contribution in [0, 0.1) is 5.92 Å². The van der Waals surface area contributed by atoms with Gasteiger partial charge in [0, 0.05) is 19.2 Å². The monoisotopic (exact) mass is 380 g/mol. The largest absolute Gasteiger partial charge is 0.359 e. The van der Waals surface area contributed by atoms with Crippen LogP contribution in [0.1, 0.15) is 39.1 Å². The van der Waals surface area contributed by atoms with Gasteiger partial charge in [0.05, 0.1) is 5.69 Å². The van der Waals surface area contributed by atoms with Crippen molar-refractivity contribution in [1.29, 1.82) is 0 Å². The van der Waals surface area contributed by atoms with E-state index < -0.39 is 0 Å². The van der Waals surface area contributed by atoms with Crippen LogP contribution in [-0.2, 0) is 13.0 Å². The van der Waals surface area contributed by atoms with Crippen LogP contribution in [0.4, 0.5) is 0 Å². The van der Waals surface area contributed by atoms with E-state index in [1.807, 2.05) is 6.07 Å². The maximum Gasteiger partial charge on any atom is 0.191 e. The summed E-state index contributed by atoms with van der Waals surface area (Å²) in [6.07, 6.45) is 0.888. The van der Waals surface area contributed by atoms with Crippen LogP contribution in [-0.4, -0.2) is 24.2 Å². The normalized spacial score (nSPS) is 11.3. The van der Waals surface area contributed by atoms with Gasteiger partial charge in [-0.15, -0.1) is 24.0 Å². The summed E-state index contributed by atoms with van der Waals surface area (Å²) in [6.45, 7) is 10.7. The Morgan fingerprint density at radius 3 is 2.63 bits per heavy atom. The molecule has 0 amide bonds. The Kier molecular flexibility index (Phi) is 9.63. The summed E-state index contributed by atoms with van der Waals surface area (Å²) in [5.41, 5.74) is 0.973. The predicted octanol–water partition coefficient (Wildman–Crippen LogP) is 2.57. The molecule has 19 heavy (non-hydrogen) atoms. The molecule has 0 aliphatic heterocycles. The molecule has 0 unspecified atom stereocenters. The lowest BCUT2D eigenvalue weighted by atomic mass is 10.2. The molecule has 1 rings (SSSR count). The molecule has 5 nitrogen and oxygen atoms in total. The number of aromatic nitrogens is 1. The van der Waals surface area contributed by atoms with Crippen molar-refractivity contribution in [3.05, 3.63) is 17.5 Å². The van der Waals surface area contributed by atoms with Crippen molar-refractivity contribution in [3.63, 3.8) is 0 Å². The maximum absolute atomic E-state index is 5.20. The molecule has 0 aliphatic carbocycles. The second-order valence-corrected chi connectivity index (χ2v) is 4.61. The highest BCUT2D eigenvalue weighted by Gasteiger charge is 2.03. The van der Waals surface area contributed by atoms with Crippen molar-refractivity contribution in [2.24, 2.45) is 10.9 Å². The number of hydrogen-bond acceptors (Lipinski definition) is 3. The Balaban J connectivity index is 0.00000324. The topological polar surface area (TPSA) is 62.5 Å². The molecule has 110 valence electrons. The maximum atomic E-state index is 5.20. The van der Waals surface area contributed by atoms with E-state index in [2.05, 4.69) is 48.5 Å². The zero-order chi connectivity index (χ0) is 13.4. The summed E-state index contributed by atoms with van der Waals surface area (Å²) in [5.74, 6) is 2.21. The van der Waals surface area contributed by atoms with Gasteiger partial charge in [-0.3, -0.25) is 0 Å². The van der Waals surface area contributed by atoms with Gasteiger partial charge in [0.2, 0.25) is 0 Å². The number of hydrogen-bond donors (Lipinski definition) is 2. The van der Waals surface area contributed by atoms with Crippen LogP contribution in [0.3, 0.4) is 0 Å². The van der Waals surface area contributed by atoms with Crippen molar-refractivity contribution in [3.8, 4) is 0 Å². The van der Waals surface area contributed by atoms with Gasteiger partial charge in [0.15, 0.2) is 11.7 Å². The van der Waals surface area contributed by atoms with Gasteiger partial charge < -0.3 is 15.2 Å². The number of nitrogens with one attached hydrogen (secondary N) is 2. The van der Waals surface area contributed by atoms with E-state index in [0.29, 0.717) is 12.5 Å². The number of halogens is 1. The van der Waals surface area contributed by atoms with Gasteiger partial charge in [-0.1, -0.05) is 25.9 Å². The first-order valence-corrected chi connectivity index (χ1v) is 6.62. The van der Waals surface area contributed by atoms with E-state index in [1.165, 1.54) is 0 Å². The molecule has 0 saturated carbocycles. The molecular formula is C13H25IN4O. The Labute approximate surface area is 132 Å². The lowest BCUT2D eigenvalue weighted by molar-refractivity contribution is 0.379. The molecule has 0 aromatic carbocycles. The SMILES string of the molecule is CCNC(=NCc1cc(CC)no1)NCC(C)C.I. The first-order valence-electron chi connectivity index (χ1n) is 6.62. The van der Waals surface area contributed by atoms with E-state index in [4.69, 9.17) is 4.52 Å². The van der Waals surface area contributed by atoms with Crippen molar-refractivity contribution >= 4 is 29.9 Å². The van der Waals surface area contributed by atoms with Gasteiger partial charge in [0.1, 0.15) is 6.54 Å². The van der Waals surface area contributed by atoms with Gasteiger partial charge in [-0.05, 0) is 19.3 Å². The smallest absolute Gasteiger partial charge is 0.191 e. The Bertz CT molecular complexity index is 376. The molecule has 0 saturated heterocycles. The van der Waals surface area contributed by atoms with Crippen LogP contribution < -0.4 is 10.6 Å². The first kappa shape index (κ1) is 18.2. The molecule has 0 aliphatic rings. The predicted molar refractivity (Wildman–Crippen MR) is 89.0 cm³/mol. The summed E-state index contributed by atoms with van der Waals surface area (Å²) in [6, 6.07) is 1.95. The van der Waals surface area contributed by atoms with Crippen LogP contribution in [0.5, 0.6) is 0 Å². The summed E-state index contributed by atoms with van der Waals surface area (Å²) < 4.78 is 5.20. The van der Waals surface area contributed by atoms with E-state index >= 15 is 0 Å². The summed E-state index contributed by atoms with van der Waals surface area (Å²) in [7, 11) is 0. The number of guanidine groups is 1. The van der Waals surface area contributed by atoms with Gasteiger partial charge in [0.25, 0.3) is 0 Å². The fourth-order valence-corrected chi connectivity index (χ4v) is 1.40. The summed E-state index contributed by atoms with van der Waals surface area (Å²) in [4.78, 5) is 4.46.